The largest absolute Gasteiger partial charge is 0.472 e. The molecule has 1 aromatic heterocycles. The zero-order valence-corrected chi connectivity index (χ0v) is 10.1. The van der Waals surface area contributed by atoms with E-state index in [2.05, 4.69) is 5.32 Å². The Morgan fingerprint density at radius 1 is 1.22 bits per heavy atom. The minimum Gasteiger partial charge on any atom is -0.472 e. The molecule has 2 aromatic rings. The molecule has 1 heterocycles. The Morgan fingerprint density at radius 3 is 2.67 bits per heavy atom. The Labute approximate surface area is 105 Å². The average Bonchev–Trinajstić information content (AvgIpc) is 2.85. The van der Waals surface area contributed by atoms with Gasteiger partial charge >= 0.3 is 0 Å². The maximum atomic E-state index is 13.2. The summed E-state index contributed by atoms with van der Waals surface area (Å²) in [7, 11) is 0. The Balaban J connectivity index is 2.20. The molecule has 1 unspecified atom stereocenters. The lowest BCUT2D eigenvalue weighted by atomic mass is 10.0. The summed E-state index contributed by atoms with van der Waals surface area (Å²) in [6, 6.07) is 5.81. The van der Waals surface area contributed by atoms with Crippen LogP contribution in [0, 0.1) is 11.6 Å². The van der Waals surface area contributed by atoms with Gasteiger partial charge < -0.3 is 9.73 Å². The number of halogens is 2. The molecule has 0 aliphatic rings. The fraction of sp³-hybridized carbons (Fsp3) is 0.286. The van der Waals surface area contributed by atoms with Gasteiger partial charge in [-0.25, -0.2) is 8.78 Å². The van der Waals surface area contributed by atoms with Crippen molar-refractivity contribution in [1.29, 1.82) is 0 Å². The van der Waals surface area contributed by atoms with Crippen molar-refractivity contribution in [2.45, 2.75) is 19.4 Å². The SMILES string of the molecule is CCNC(Cc1ccoc1)c1ccc(F)c(F)c1. The van der Waals surface area contributed by atoms with Crippen molar-refractivity contribution in [2.24, 2.45) is 0 Å². The molecular weight excluding hydrogens is 236 g/mol. The first kappa shape index (κ1) is 12.8. The number of furan rings is 1. The summed E-state index contributed by atoms with van der Waals surface area (Å²) in [5.74, 6) is -1.64. The zero-order chi connectivity index (χ0) is 13.0. The lowest BCUT2D eigenvalue weighted by Gasteiger charge is -2.17. The molecule has 0 radical (unpaired) electrons. The van der Waals surface area contributed by atoms with Gasteiger partial charge in [-0.15, -0.1) is 0 Å². The summed E-state index contributed by atoms with van der Waals surface area (Å²) in [5.41, 5.74) is 1.75. The van der Waals surface area contributed by atoms with E-state index in [1.807, 2.05) is 13.0 Å². The molecule has 1 N–H and O–H groups in total. The van der Waals surface area contributed by atoms with E-state index in [-0.39, 0.29) is 6.04 Å². The molecule has 0 bridgehead atoms. The van der Waals surface area contributed by atoms with Crippen molar-refractivity contribution >= 4 is 0 Å². The summed E-state index contributed by atoms with van der Waals surface area (Å²) in [6.07, 6.45) is 3.93. The van der Waals surface area contributed by atoms with Crippen LogP contribution in [0.4, 0.5) is 8.78 Å². The quantitative estimate of drug-likeness (QED) is 0.880. The minimum atomic E-state index is -0.822. The van der Waals surface area contributed by atoms with Crippen molar-refractivity contribution in [1.82, 2.24) is 5.32 Å². The summed E-state index contributed by atoms with van der Waals surface area (Å²) < 4.78 is 31.2. The van der Waals surface area contributed by atoms with Crippen LogP contribution in [-0.2, 0) is 6.42 Å². The van der Waals surface area contributed by atoms with Crippen molar-refractivity contribution in [3.8, 4) is 0 Å². The highest BCUT2D eigenvalue weighted by atomic mass is 19.2. The topological polar surface area (TPSA) is 25.2 Å². The van der Waals surface area contributed by atoms with Gasteiger partial charge in [-0.05, 0) is 42.3 Å². The molecule has 2 rings (SSSR count). The van der Waals surface area contributed by atoms with E-state index in [0.717, 1.165) is 23.7 Å². The van der Waals surface area contributed by atoms with Crippen molar-refractivity contribution in [2.75, 3.05) is 6.54 Å². The van der Waals surface area contributed by atoms with Crippen LogP contribution in [0.5, 0.6) is 0 Å². The Hall–Kier alpha value is -1.68. The number of hydrogen-bond donors (Lipinski definition) is 1. The van der Waals surface area contributed by atoms with Crippen molar-refractivity contribution in [3.63, 3.8) is 0 Å². The van der Waals surface area contributed by atoms with Crippen LogP contribution >= 0.6 is 0 Å². The van der Waals surface area contributed by atoms with Gasteiger partial charge in [0, 0.05) is 6.04 Å². The molecule has 1 aromatic carbocycles. The van der Waals surface area contributed by atoms with E-state index in [0.29, 0.717) is 6.42 Å². The van der Waals surface area contributed by atoms with Gasteiger partial charge in [0.05, 0.1) is 12.5 Å². The van der Waals surface area contributed by atoms with E-state index < -0.39 is 11.6 Å². The smallest absolute Gasteiger partial charge is 0.159 e. The number of benzene rings is 1. The van der Waals surface area contributed by atoms with Crippen LogP contribution in [0.3, 0.4) is 0 Å². The highest BCUT2D eigenvalue weighted by Gasteiger charge is 2.14. The van der Waals surface area contributed by atoms with Crippen LogP contribution in [0.15, 0.2) is 41.2 Å². The normalized spacial score (nSPS) is 12.6. The predicted molar refractivity (Wildman–Crippen MR) is 65.2 cm³/mol. The van der Waals surface area contributed by atoms with Crippen LogP contribution in [-0.4, -0.2) is 6.54 Å². The number of likely N-dealkylation sites (N-methyl/N-ethyl adjacent to an activating group) is 1. The van der Waals surface area contributed by atoms with Crippen LogP contribution < -0.4 is 5.32 Å². The summed E-state index contributed by atoms with van der Waals surface area (Å²) in [4.78, 5) is 0. The molecule has 0 fully saturated rings. The van der Waals surface area contributed by atoms with Gasteiger partial charge in [-0.1, -0.05) is 13.0 Å². The predicted octanol–water partition coefficient (Wildman–Crippen LogP) is 3.45. The fourth-order valence-corrected chi connectivity index (χ4v) is 1.93. The molecule has 4 heteroatoms. The van der Waals surface area contributed by atoms with Crippen molar-refractivity contribution in [3.05, 3.63) is 59.6 Å². The maximum absolute atomic E-state index is 13.2. The number of hydrogen-bond acceptors (Lipinski definition) is 2. The van der Waals surface area contributed by atoms with Gasteiger partial charge in [0.25, 0.3) is 0 Å². The molecule has 96 valence electrons. The van der Waals surface area contributed by atoms with E-state index in [1.54, 1.807) is 18.6 Å². The second-order valence-electron chi connectivity index (χ2n) is 4.12. The molecule has 0 amide bonds. The molecule has 1 atom stereocenters. The van der Waals surface area contributed by atoms with E-state index >= 15 is 0 Å². The molecule has 18 heavy (non-hydrogen) atoms. The molecule has 0 spiro atoms. The Morgan fingerprint density at radius 2 is 2.06 bits per heavy atom. The third-order valence-electron chi connectivity index (χ3n) is 2.82. The van der Waals surface area contributed by atoms with Gasteiger partial charge in [0.1, 0.15) is 0 Å². The summed E-state index contributed by atoms with van der Waals surface area (Å²) in [5, 5.41) is 3.25. The monoisotopic (exact) mass is 251 g/mol. The lowest BCUT2D eigenvalue weighted by molar-refractivity contribution is 0.496. The molecule has 0 saturated heterocycles. The van der Waals surface area contributed by atoms with E-state index in [1.165, 1.54) is 6.07 Å². The molecule has 0 aliphatic heterocycles. The number of nitrogens with one attached hydrogen (secondary N) is 1. The van der Waals surface area contributed by atoms with Gasteiger partial charge in [0.15, 0.2) is 11.6 Å². The lowest BCUT2D eigenvalue weighted by Crippen LogP contribution is -2.23. The van der Waals surface area contributed by atoms with E-state index in [4.69, 9.17) is 4.42 Å². The van der Waals surface area contributed by atoms with Gasteiger partial charge in [-0.2, -0.15) is 0 Å². The molecule has 0 saturated carbocycles. The van der Waals surface area contributed by atoms with Crippen LogP contribution in [0.2, 0.25) is 0 Å². The second-order valence-corrected chi connectivity index (χ2v) is 4.12. The Bertz CT molecular complexity index is 497. The zero-order valence-electron chi connectivity index (χ0n) is 10.1. The summed E-state index contributed by atoms with van der Waals surface area (Å²) in [6.45, 7) is 2.73. The van der Waals surface area contributed by atoms with Crippen LogP contribution in [0.1, 0.15) is 24.1 Å². The third kappa shape index (κ3) is 2.96. The summed E-state index contributed by atoms with van der Waals surface area (Å²) >= 11 is 0. The fourth-order valence-electron chi connectivity index (χ4n) is 1.93. The maximum Gasteiger partial charge on any atom is 0.159 e. The highest BCUT2D eigenvalue weighted by Crippen LogP contribution is 2.20. The minimum absolute atomic E-state index is 0.0531. The standard InChI is InChI=1S/C14H15F2NO/c1-2-17-14(7-10-5-6-18-9-10)11-3-4-12(15)13(16)8-11/h3-6,8-9,14,17H,2,7H2,1H3. The Kier molecular flexibility index (Phi) is 4.10. The molecular formula is C14H15F2NO. The molecule has 2 nitrogen and oxygen atoms in total. The molecule has 0 aliphatic carbocycles. The van der Waals surface area contributed by atoms with E-state index in [9.17, 15) is 8.78 Å². The van der Waals surface area contributed by atoms with Gasteiger partial charge in [-0.3, -0.25) is 0 Å². The van der Waals surface area contributed by atoms with Crippen molar-refractivity contribution < 1.29 is 13.2 Å². The first-order valence-electron chi connectivity index (χ1n) is 5.90. The highest BCUT2D eigenvalue weighted by molar-refractivity contribution is 5.23. The number of rotatable bonds is 5. The average molecular weight is 251 g/mol. The first-order valence-corrected chi connectivity index (χ1v) is 5.90. The first-order chi connectivity index (χ1) is 8.70. The van der Waals surface area contributed by atoms with Gasteiger partial charge in [0.2, 0.25) is 0 Å². The third-order valence-corrected chi connectivity index (χ3v) is 2.82. The second kappa shape index (κ2) is 5.78. The van der Waals surface area contributed by atoms with Crippen LogP contribution in [0.25, 0.3) is 0 Å².